The summed E-state index contributed by atoms with van der Waals surface area (Å²) in [5, 5.41) is 0. The Morgan fingerprint density at radius 2 is 2.10 bits per heavy atom. The maximum atomic E-state index is 13.1. The number of rotatable bonds is 4. The maximum Gasteiger partial charge on any atom is 0.418 e. The minimum atomic E-state index is -4.58. The molecule has 1 aliphatic rings. The van der Waals surface area contributed by atoms with Gasteiger partial charge >= 0.3 is 6.18 Å². The van der Waals surface area contributed by atoms with Gasteiger partial charge in [0.25, 0.3) is 0 Å². The van der Waals surface area contributed by atoms with Crippen LogP contribution in [0.25, 0.3) is 11.1 Å². The number of nitrogen functional groups attached to an aromatic ring is 1. The predicted molar refractivity (Wildman–Crippen MR) is 110 cm³/mol. The molecule has 2 atom stereocenters. The molecule has 164 valence electrons. The topological polar surface area (TPSA) is 111 Å². The van der Waals surface area contributed by atoms with Gasteiger partial charge in [0, 0.05) is 55.4 Å². The highest BCUT2D eigenvalue weighted by Gasteiger charge is 2.33. The summed E-state index contributed by atoms with van der Waals surface area (Å²) in [5.74, 6) is -0.265. The molecule has 1 aliphatic heterocycles. The van der Waals surface area contributed by atoms with Crippen molar-refractivity contribution in [1.82, 2.24) is 9.97 Å². The molecule has 7 nitrogen and oxygen atoms in total. The Morgan fingerprint density at radius 3 is 2.81 bits per heavy atom. The van der Waals surface area contributed by atoms with Crippen LogP contribution < -0.4 is 16.4 Å². The Hall–Kier alpha value is -3.14. The highest BCUT2D eigenvalue weighted by Crippen LogP contribution is 2.34. The van der Waals surface area contributed by atoms with E-state index in [-0.39, 0.29) is 35.0 Å². The number of nitrogens with two attached hydrogens (primary N) is 2. The minimum absolute atomic E-state index is 0.00885. The zero-order valence-electron chi connectivity index (χ0n) is 16.8. The quantitative estimate of drug-likeness (QED) is 0.607. The van der Waals surface area contributed by atoms with E-state index in [4.69, 9.17) is 15.9 Å². The van der Waals surface area contributed by atoms with Crippen molar-refractivity contribution in [2.45, 2.75) is 32.0 Å². The van der Waals surface area contributed by atoms with E-state index in [0.29, 0.717) is 24.2 Å². The van der Waals surface area contributed by atoms with Crippen molar-refractivity contribution in [2.75, 3.05) is 23.7 Å². The molecule has 0 unspecified atom stereocenters. The van der Waals surface area contributed by atoms with Gasteiger partial charge in [0.1, 0.15) is 11.1 Å². The van der Waals surface area contributed by atoms with Crippen LogP contribution in [0.5, 0.6) is 0 Å². The molecular weight excluding hydrogens is 411 g/mol. The van der Waals surface area contributed by atoms with Gasteiger partial charge in [-0.1, -0.05) is 6.92 Å². The summed E-state index contributed by atoms with van der Waals surface area (Å²) in [4.78, 5) is 23.2. The van der Waals surface area contributed by atoms with Crippen LogP contribution in [0.3, 0.4) is 0 Å². The van der Waals surface area contributed by atoms with E-state index in [9.17, 15) is 18.0 Å². The lowest BCUT2D eigenvalue weighted by Gasteiger charge is -2.37. The summed E-state index contributed by atoms with van der Waals surface area (Å²) in [6.45, 7) is 3.59. The van der Waals surface area contributed by atoms with E-state index >= 15 is 0 Å². The third kappa shape index (κ3) is 4.20. The van der Waals surface area contributed by atoms with Crippen LogP contribution in [-0.2, 0) is 12.6 Å². The van der Waals surface area contributed by atoms with E-state index < -0.39 is 17.5 Å². The van der Waals surface area contributed by atoms with Crippen LogP contribution in [-0.4, -0.2) is 34.9 Å². The summed E-state index contributed by atoms with van der Waals surface area (Å²) < 4.78 is 44.1. The Labute approximate surface area is 176 Å². The average molecular weight is 433 g/mol. The van der Waals surface area contributed by atoms with Crippen molar-refractivity contribution in [2.24, 2.45) is 11.7 Å². The van der Waals surface area contributed by atoms with Gasteiger partial charge < -0.3 is 20.8 Å². The molecule has 1 saturated heterocycles. The van der Waals surface area contributed by atoms with Gasteiger partial charge in [-0.2, -0.15) is 13.2 Å². The normalized spacial score (nSPS) is 19.7. The largest absolute Gasteiger partial charge is 0.438 e. The highest BCUT2D eigenvalue weighted by molar-refractivity contribution is 6.10. The third-order valence-corrected chi connectivity index (χ3v) is 5.42. The van der Waals surface area contributed by atoms with Gasteiger partial charge in [-0.15, -0.1) is 0 Å². The number of pyridine rings is 2. The molecule has 4 N–H and O–H groups in total. The molecule has 1 fully saturated rings. The number of aromatic nitrogens is 2. The van der Waals surface area contributed by atoms with Crippen molar-refractivity contribution >= 4 is 28.5 Å². The monoisotopic (exact) mass is 433 g/mol. The van der Waals surface area contributed by atoms with E-state index in [1.807, 2.05) is 6.07 Å². The smallest absolute Gasteiger partial charge is 0.418 e. The second-order valence-electron chi connectivity index (χ2n) is 8.02. The van der Waals surface area contributed by atoms with Gasteiger partial charge in [-0.3, -0.25) is 14.8 Å². The number of ketones is 1. The van der Waals surface area contributed by atoms with Gasteiger partial charge in [0.15, 0.2) is 11.4 Å². The van der Waals surface area contributed by atoms with Crippen LogP contribution in [0.4, 0.5) is 24.7 Å². The Balaban J connectivity index is 1.65. The Bertz CT molecular complexity index is 1120. The number of piperidine rings is 1. The van der Waals surface area contributed by atoms with Crippen molar-refractivity contribution in [3.63, 3.8) is 0 Å². The molecular formula is C21H22F3N5O2. The van der Waals surface area contributed by atoms with E-state index in [0.717, 1.165) is 24.7 Å². The third-order valence-electron chi connectivity index (χ3n) is 5.42. The summed E-state index contributed by atoms with van der Waals surface area (Å²) >= 11 is 0. The summed E-state index contributed by atoms with van der Waals surface area (Å²) in [6, 6.07) is 2.65. The van der Waals surface area contributed by atoms with Gasteiger partial charge in [-0.05, 0) is 24.5 Å². The predicted octanol–water partition coefficient (Wildman–Crippen LogP) is 3.42. The second kappa shape index (κ2) is 7.84. The first-order chi connectivity index (χ1) is 14.6. The van der Waals surface area contributed by atoms with E-state index in [1.165, 1.54) is 0 Å². The summed E-state index contributed by atoms with van der Waals surface area (Å²) in [5.41, 5.74) is 12.4. The SMILES string of the molecule is C[C@@H]1C[C@H](N)CN(c2ccncc2CC(=O)c2c(N)oc3cc(C(F)(F)F)cnc23)C1. The molecule has 0 saturated carbocycles. The number of hydrogen-bond donors (Lipinski definition) is 2. The molecule has 4 rings (SSSR count). The average Bonchev–Trinajstić information content (AvgIpc) is 3.02. The Kier molecular flexibility index (Phi) is 5.34. The standard InChI is InChI=1S/C21H22F3N5O2/c1-11-4-14(25)10-29(9-11)15-2-3-27-7-12(15)5-16(30)18-19-17(31-20(18)26)6-13(8-28-19)21(22,23)24/h2-3,6-8,11,14H,4-5,9-10,25-26H2,1H3/t11-,14+/m1/s1. The molecule has 3 aromatic rings. The van der Waals surface area contributed by atoms with Crippen molar-refractivity contribution in [3.05, 3.63) is 47.4 Å². The molecule has 0 bridgehead atoms. The number of carbonyl (C=O) groups excluding carboxylic acids is 1. The molecule has 0 amide bonds. The number of halogens is 3. The van der Waals surface area contributed by atoms with Crippen molar-refractivity contribution < 1.29 is 22.4 Å². The first-order valence-corrected chi connectivity index (χ1v) is 9.85. The number of furan rings is 1. The van der Waals surface area contributed by atoms with Crippen molar-refractivity contribution in [3.8, 4) is 0 Å². The highest BCUT2D eigenvalue weighted by atomic mass is 19.4. The first-order valence-electron chi connectivity index (χ1n) is 9.85. The van der Waals surface area contributed by atoms with Crippen LogP contribution >= 0.6 is 0 Å². The molecule has 0 spiro atoms. The first kappa shape index (κ1) is 21.1. The number of Topliss-reactive ketones (excluding diaryl/α,β-unsaturated/α-hetero) is 1. The fraction of sp³-hybridized carbons (Fsp3) is 0.381. The second-order valence-corrected chi connectivity index (χ2v) is 8.02. The lowest BCUT2D eigenvalue weighted by atomic mass is 9.95. The molecule has 31 heavy (non-hydrogen) atoms. The van der Waals surface area contributed by atoms with E-state index in [2.05, 4.69) is 21.8 Å². The molecule has 0 radical (unpaired) electrons. The number of carbonyl (C=O) groups is 1. The van der Waals surface area contributed by atoms with E-state index in [1.54, 1.807) is 12.4 Å². The number of anilines is 2. The molecule has 10 heteroatoms. The fourth-order valence-electron chi connectivity index (χ4n) is 4.14. The summed E-state index contributed by atoms with van der Waals surface area (Å²) in [6.07, 6.45) is 0.218. The van der Waals surface area contributed by atoms with Crippen LogP contribution in [0.2, 0.25) is 0 Å². The maximum absolute atomic E-state index is 13.1. The van der Waals surface area contributed by atoms with Gasteiger partial charge in [-0.25, -0.2) is 0 Å². The van der Waals surface area contributed by atoms with Crippen LogP contribution in [0, 0.1) is 5.92 Å². The number of fused-ring (bicyclic) bond motifs is 1. The lowest BCUT2D eigenvalue weighted by Crippen LogP contribution is -2.46. The minimum Gasteiger partial charge on any atom is -0.438 e. The van der Waals surface area contributed by atoms with Gasteiger partial charge in [0.05, 0.1) is 5.56 Å². The summed E-state index contributed by atoms with van der Waals surface area (Å²) in [7, 11) is 0. The number of nitrogens with zero attached hydrogens (tertiary/aromatic N) is 3. The fourth-order valence-corrected chi connectivity index (χ4v) is 4.14. The lowest BCUT2D eigenvalue weighted by molar-refractivity contribution is -0.137. The van der Waals surface area contributed by atoms with Crippen LogP contribution in [0.1, 0.15) is 34.8 Å². The molecule has 4 heterocycles. The molecule has 0 aliphatic carbocycles. The van der Waals surface area contributed by atoms with Gasteiger partial charge in [0.2, 0.25) is 5.88 Å². The Morgan fingerprint density at radius 1 is 1.32 bits per heavy atom. The van der Waals surface area contributed by atoms with Crippen LogP contribution in [0.15, 0.2) is 35.1 Å². The molecule has 3 aromatic heterocycles. The zero-order valence-corrected chi connectivity index (χ0v) is 16.8. The number of alkyl halides is 3. The number of hydrogen-bond acceptors (Lipinski definition) is 7. The molecule has 0 aromatic carbocycles. The zero-order chi connectivity index (χ0) is 22.3. The van der Waals surface area contributed by atoms with Crippen molar-refractivity contribution in [1.29, 1.82) is 0 Å².